The van der Waals surface area contributed by atoms with E-state index in [1.165, 1.54) is 0 Å². The van der Waals surface area contributed by atoms with Crippen LogP contribution in [0.1, 0.15) is 36.9 Å². The van der Waals surface area contributed by atoms with Crippen molar-refractivity contribution in [3.8, 4) is 0 Å². The number of carbonyl (C=O) groups is 1. The minimum atomic E-state index is -0.115. The Morgan fingerprint density at radius 2 is 2.22 bits per heavy atom. The first-order chi connectivity index (χ1) is 13.2. The highest BCUT2D eigenvalue weighted by atomic mass is 16.6. The van der Waals surface area contributed by atoms with Crippen LogP contribution in [0.15, 0.2) is 42.9 Å². The van der Waals surface area contributed by atoms with Crippen molar-refractivity contribution in [1.82, 2.24) is 14.9 Å². The first-order valence-corrected chi connectivity index (χ1v) is 9.77. The smallest absolute Gasteiger partial charge is 0.222 e. The Balaban J connectivity index is 1.21. The molecule has 2 aliphatic rings. The summed E-state index contributed by atoms with van der Waals surface area (Å²) in [5.74, 6) is 0.238. The third-order valence-corrected chi connectivity index (χ3v) is 5.68. The summed E-state index contributed by atoms with van der Waals surface area (Å²) in [6.07, 6.45) is 9.67. The number of H-pyrrole nitrogens is 1. The molecule has 1 unspecified atom stereocenters. The molecule has 2 aliphatic heterocycles. The van der Waals surface area contributed by atoms with Crippen molar-refractivity contribution in [3.05, 3.63) is 54.1 Å². The maximum atomic E-state index is 12.5. The number of nitrogens with zero attached hydrogens (tertiary/aromatic N) is 2. The van der Waals surface area contributed by atoms with Crippen molar-refractivity contribution in [3.63, 3.8) is 0 Å². The number of likely N-dealkylation sites (tertiary alicyclic amines) is 1. The summed E-state index contributed by atoms with van der Waals surface area (Å²) in [6, 6.07) is 7.94. The second kappa shape index (κ2) is 8.23. The molecular weight excluding hydrogens is 342 g/mol. The fraction of sp³-hybridized carbons (Fsp3) is 0.524. The predicted molar refractivity (Wildman–Crippen MR) is 101 cm³/mol. The molecule has 2 saturated heterocycles. The molecule has 2 aromatic rings. The maximum Gasteiger partial charge on any atom is 0.222 e. The number of carbonyl (C=O) groups excluding carboxylic acids is 1. The van der Waals surface area contributed by atoms with Crippen LogP contribution in [0.2, 0.25) is 0 Å². The molecule has 0 bridgehead atoms. The molecule has 0 radical (unpaired) electrons. The standard InChI is InChI=1S/C21H27N3O3/c25-20(6-5-18-4-2-10-23-18)24-11-7-21(8-12-24)13-19(16-27-21)26-15-17-3-1-9-22-14-17/h1-4,9-10,14,19,23H,5-8,11-13,15-16H2. The Morgan fingerprint density at radius 1 is 1.33 bits per heavy atom. The van der Waals surface area contributed by atoms with Gasteiger partial charge in [-0.2, -0.15) is 0 Å². The van der Waals surface area contributed by atoms with E-state index in [0.29, 0.717) is 19.6 Å². The molecule has 6 heteroatoms. The van der Waals surface area contributed by atoms with E-state index in [1.54, 1.807) is 6.20 Å². The number of aromatic nitrogens is 2. The second-order valence-electron chi connectivity index (χ2n) is 7.57. The van der Waals surface area contributed by atoms with Crippen LogP contribution in [-0.2, 0) is 27.3 Å². The number of aromatic amines is 1. The van der Waals surface area contributed by atoms with Crippen molar-refractivity contribution in [2.45, 2.75) is 50.4 Å². The van der Waals surface area contributed by atoms with Gasteiger partial charge in [0.1, 0.15) is 0 Å². The summed E-state index contributed by atoms with van der Waals surface area (Å²) in [4.78, 5) is 21.7. The Labute approximate surface area is 159 Å². The Morgan fingerprint density at radius 3 is 2.96 bits per heavy atom. The number of rotatable bonds is 6. The number of pyridine rings is 1. The summed E-state index contributed by atoms with van der Waals surface area (Å²) in [7, 11) is 0. The average Bonchev–Trinajstić information content (AvgIpc) is 3.36. The number of ether oxygens (including phenoxy) is 2. The minimum absolute atomic E-state index is 0.115. The molecule has 2 aromatic heterocycles. The van der Waals surface area contributed by atoms with Crippen LogP contribution < -0.4 is 0 Å². The van der Waals surface area contributed by atoms with Crippen molar-refractivity contribution in [2.24, 2.45) is 0 Å². The Bertz CT molecular complexity index is 724. The van der Waals surface area contributed by atoms with Gasteiger partial charge in [-0.3, -0.25) is 9.78 Å². The van der Waals surface area contributed by atoms with Crippen molar-refractivity contribution in [2.75, 3.05) is 19.7 Å². The molecule has 1 N–H and O–H groups in total. The van der Waals surface area contributed by atoms with Crippen molar-refractivity contribution < 1.29 is 14.3 Å². The highest BCUT2D eigenvalue weighted by Crippen LogP contribution is 2.37. The number of hydrogen-bond donors (Lipinski definition) is 1. The topological polar surface area (TPSA) is 67.5 Å². The van der Waals surface area contributed by atoms with Gasteiger partial charge in [0, 0.05) is 50.2 Å². The number of piperidine rings is 1. The van der Waals surface area contributed by atoms with Crippen LogP contribution in [0.25, 0.3) is 0 Å². The zero-order valence-electron chi connectivity index (χ0n) is 15.6. The SMILES string of the molecule is O=C(CCc1ccc[nH]1)N1CCC2(CC1)CC(OCc1cccnc1)CO2. The Hall–Kier alpha value is -2.18. The van der Waals surface area contributed by atoms with E-state index in [9.17, 15) is 4.79 Å². The molecule has 1 atom stereocenters. The van der Waals surface area contributed by atoms with Crippen LogP contribution in [0, 0.1) is 0 Å². The number of nitrogens with one attached hydrogen (secondary N) is 1. The second-order valence-corrected chi connectivity index (χ2v) is 7.57. The van der Waals surface area contributed by atoms with Crippen LogP contribution >= 0.6 is 0 Å². The van der Waals surface area contributed by atoms with E-state index in [-0.39, 0.29) is 17.6 Å². The molecule has 144 valence electrons. The molecule has 6 nitrogen and oxygen atoms in total. The molecule has 0 aromatic carbocycles. The van der Waals surface area contributed by atoms with Gasteiger partial charge in [0.25, 0.3) is 0 Å². The zero-order valence-corrected chi connectivity index (χ0v) is 15.6. The molecule has 4 heterocycles. The van der Waals surface area contributed by atoms with E-state index in [4.69, 9.17) is 9.47 Å². The summed E-state index contributed by atoms with van der Waals surface area (Å²) in [5.41, 5.74) is 2.08. The lowest BCUT2D eigenvalue weighted by Crippen LogP contribution is -2.46. The number of aryl methyl sites for hydroxylation is 1. The average molecular weight is 369 g/mol. The monoisotopic (exact) mass is 369 g/mol. The molecule has 1 amide bonds. The molecule has 27 heavy (non-hydrogen) atoms. The van der Waals surface area contributed by atoms with E-state index >= 15 is 0 Å². The summed E-state index contributed by atoms with van der Waals surface area (Å²) in [6.45, 7) is 2.76. The first-order valence-electron chi connectivity index (χ1n) is 9.77. The van der Waals surface area contributed by atoms with Crippen molar-refractivity contribution in [1.29, 1.82) is 0 Å². The summed E-state index contributed by atoms with van der Waals surface area (Å²) >= 11 is 0. The van der Waals surface area contributed by atoms with E-state index in [2.05, 4.69) is 9.97 Å². The molecule has 4 rings (SSSR count). The van der Waals surface area contributed by atoms with Crippen molar-refractivity contribution >= 4 is 5.91 Å². The van der Waals surface area contributed by atoms with Gasteiger partial charge in [-0.05, 0) is 43.0 Å². The highest BCUT2D eigenvalue weighted by molar-refractivity contribution is 5.76. The van der Waals surface area contributed by atoms with Gasteiger partial charge < -0.3 is 19.4 Å². The quantitative estimate of drug-likeness (QED) is 0.850. The Kier molecular flexibility index (Phi) is 5.55. The van der Waals surface area contributed by atoms with Crippen LogP contribution in [0.3, 0.4) is 0 Å². The van der Waals surface area contributed by atoms with Gasteiger partial charge in [-0.15, -0.1) is 0 Å². The van der Waals surface area contributed by atoms with Crippen LogP contribution in [-0.4, -0.2) is 52.2 Å². The third-order valence-electron chi connectivity index (χ3n) is 5.68. The van der Waals surface area contributed by atoms with E-state index in [0.717, 1.165) is 50.0 Å². The molecule has 1 spiro atoms. The molecule has 2 fully saturated rings. The lowest BCUT2D eigenvalue weighted by Gasteiger charge is -2.38. The van der Waals surface area contributed by atoms with E-state index < -0.39 is 0 Å². The maximum absolute atomic E-state index is 12.5. The van der Waals surface area contributed by atoms with Gasteiger partial charge in [0.05, 0.1) is 24.9 Å². The largest absolute Gasteiger partial charge is 0.372 e. The number of amides is 1. The van der Waals surface area contributed by atoms with Gasteiger partial charge >= 0.3 is 0 Å². The highest BCUT2D eigenvalue weighted by Gasteiger charge is 2.43. The lowest BCUT2D eigenvalue weighted by molar-refractivity contribution is -0.136. The van der Waals surface area contributed by atoms with Gasteiger partial charge in [0.2, 0.25) is 5.91 Å². The van der Waals surface area contributed by atoms with Gasteiger partial charge in [-0.25, -0.2) is 0 Å². The van der Waals surface area contributed by atoms with Gasteiger partial charge in [-0.1, -0.05) is 6.07 Å². The summed E-state index contributed by atoms with van der Waals surface area (Å²) < 4.78 is 12.2. The van der Waals surface area contributed by atoms with Gasteiger partial charge in [0.15, 0.2) is 0 Å². The first kappa shape index (κ1) is 18.2. The van der Waals surface area contributed by atoms with Crippen LogP contribution in [0.5, 0.6) is 0 Å². The zero-order chi connectivity index (χ0) is 18.5. The predicted octanol–water partition coefficient (Wildman–Crippen LogP) is 2.71. The minimum Gasteiger partial charge on any atom is -0.372 e. The molecular formula is C21H27N3O3. The lowest BCUT2D eigenvalue weighted by atomic mass is 9.88. The third kappa shape index (κ3) is 4.57. The van der Waals surface area contributed by atoms with E-state index in [1.807, 2.05) is 41.6 Å². The fourth-order valence-corrected chi connectivity index (χ4v) is 4.04. The fourth-order valence-electron chi connectivity index (χ4n) is 4.04. The molecule has 0 aliphatic carbocycles. The van der Waals surface area contributed by atoms with Crippen LogP contribution in [0.4, 0.5) is 0 Å². The summed E-state index contributed by atoms with van der Waals surface area (Å²) in [5, 5.41) is 0. The normalized spacial score (nSPS) is 21.6. The molecule has 0 saturated carbocycles. The number of hydrogen-bond acceptors (Lipinski definition) is 4.